The number of hydrogen-bond donors (Lipinski definition) is 5. The summed E-state index contributed by atoms with van der Waals surface area (Å²) < 4.78 is 0. The Morgan fingerprint density at radius 3 is 1.93 bits per heavy atom. The van der Waals surface area contributed by atoms with Crippen molar-refractivity contribution in [3.8, 4) is 0 Å². The molecular weight excluding hydrogens is 671 g/mol. The molecule has 1 amide bonds. The maximum Gasteiger partial charge on any atom is 0.303 e. The molecule has 0 spiro atoms. The molecule has 8 nitrogen and oxygen atoms in total. The summed E-state index contributed by atoms with van der Waals surface area (Å²) in [6.07, 6.45) is 21.9. The first-order valence-corrected chi connectivity index (χ1v) is 20.4. The lowest BCUT2D eigenvalue weighted by Gasteiger charge is -2.31. The molecule has 5 heterocycles. The zero-order chi connectivity index (χ0) is 37.1. The molecule has 0 bridgehead atoms. The first-order valence-electron chi connectivity index (χ1n) is 20.4. The number of aryl methyl sites for hydroxylation is 2. The lowest BCUT2D eigenvalue weighted by molar-refractivity contribution is -0.137. The second-order valence-electron chi connectivity index (χ2n) is 15.6. The summed E-state index contributed by atoms with van der Waals surface area (Å²) >= 11 is 0. The minimum absolute atomic E-state index is 0.182. The highest BCUT2D eigenvalue weighted by Crippen LogP contribution is 2.36. The van der Waals surface area contributed by atoms with Crippen molar-refractivity contribution >= 4 is 44.6 Å². The summed E-state index contributed by atoms with van der Waals surface area (Å²) in [5.74, 6) is 1.44. The number of aromatic amines is 3. The molecule has 3 aromatic carbocycles. The third kappa shape index (κ3) is 9.45. The molecule has 8 heteroatoms. The van der Waals surface area contributed by atoms with Gasteiger partial charge in [0, 0.05) is 77.4 Å². The summed E-state index contributed by atoms with van der Waals surface area (Å²) in [5.41, 5.74) is 5.77. The Morgan fingerprint density at radius 2 is 1.24 bits per heavy atom. The maximum atomic E-state index is 12.6. The SMILES string of the molecule is C1CCC2NCCC2C1.O=C(CCc1c[nH]c2ccccc12)N1CCC2CCCCC21.O=C(O)CCc1c[nH]c2ccccc12.c1ccc2[nH]ccc2c1. The minimum atomic E-state index is -0.754. The van der Waals surface area contributed by atoms with Gasteiger partial charge in [0.2, 0.25) is 5.91 Å². The van der Waals surface area contributed by atoms with Gasteiger partial charge in [-0.2, -0.15) is 0 Å². The highest BCUT2D eigenvalue weighted by Gasteiger charge is 2.37. The zero-order valence-corrected chi connectivity index (χ0v) is 31.6. The zero-order valence-electron chi connectivity index (χ0n) is 31.6. The van der Waals surface area contributed by atoms with Crippen LogP contribution in [0.5, 0.6) is 0 Å². The summed E-state index contributed by atoms with van der Waals surface area (Å²) in [5, 5.41) is 15.8. The number of carboxylic acid groups (broad SMARTS) is 1. The fraction of sp³-hybridized carbons (Fsp3) is 0.435. The van der Waals surface area contributed by atoms with Crippen LogP contribution < -0.4 is 5.32 Å². The van der Waals surface area contributed by atoms with Crippen molar-refractivity contribution in [2.24, 2.45) is 11.8 Å². The van der Waals surface area contributed by atoms with Gasteiger partial charge in [0.15, 0.2) is 0 Å². The van der Waals surface area contributed by atoms with Crippen LogP contribution in [-0.4, -0.2) is 62.0 Å². The van der Waals surface area contributed by atoms with Crippen molar-refractivity contribution in [1.82, 2.24) is 25.2 Å². The molecule has 4 fully saturated rings. The number of hydrogen-bond acceptors (Lipinski definition) is 3. The van der Waals surface area contributed by atoms with Crippen molar-refractivity contribution in [2.45, 2.75) is 102 Å². The summed E-state index contributed by atoms with van der Waals surface area (Å²) in [6, 6.07) is 28.0. The van der Waals surface area contributed by atoms with E-state index in [0.717, 1.165) is 47.3 Å². The molecule has 284 valence electrons. The predicted octanol–water partition coefficient (Wildman–Crippen LogP) is 9.78. The molecule has 6 aromatic rings. The van der Waals surface area contributed by atoms with E-state index in [1.807, 2.05) is 54.9 Å². The number of carbonyl (C=O) groups is 2. The van der Waals surface area contributed by atoms with Crippen molar-refractivity contribution in [2.75, 3.05) is 13.1 Å². The Morgan fingerprint density at radius 1 is 0.630 bits per heavy atom. The lowest BCUT2D eigenvalue weighted by Crippen LogP contribution is -2.39. The first-order chi connectivity index (χ1) is 26.5. The Labute approximate surface area is 319 Å². The Balaban J connectivity index is 0.000000120. The van der Waals surface area contributed by atoms with Crippen molar-refractivity contribution in [3.05, 3.63) is 109 Å². The third-order valence-electron chi connectivity index (χ3n) is 12.2. The van der Waals surface area contributed by atoms with E-state index in [9.17, 15) is 9.59 Å². The first kappa shape index (κ1) is 37.5. The van der Waals surface area contributed by atoms with E-state index in [-0.39, 0.29) is 6.42 Å². The molecular formula is C46H57N5O3. The van der Waals surface area contributed by atoms with Gasteiger partial charge in [-0.3, -0.25) is 9.59 Å². The number of para-hydroxylation sites is 3. The number of carboxylic acids is 1. The number of nitrogens with one attached hydrogen (secondary N) is 4. The van der Waals surface area contributed by atoms with Crippen LogP contribution in [0.25, 0.3) is 32.7 Å². The van der Waals surface area contributed by atoms with Crippen LogP contribution in [0.4, 0.5) is 0 Å². The molecule has 0 radical (unpaired) electrons. The summed E-state index contributed by atoms with van der Waals surface area (Å²) in [6.45, 7) is 2.28. The fourth-order valence-corrected chi connectivity index (χ4v) is 9.29. The fourth-order valence-electron chi connectivity index (χ4n) is 9.29. The number of aromatic nitrogens is 3. The average molecular weight is 728 g/mol. The van der Waals surface area contributed by atoms with Crippen LogP contribution in [0.2, 0.25) is 0 Å². The maximum absolute atomic E-state index is 12.6. The lowest BCUT2D eigenvalue weighted by atomic mass is 9.85. The Bertz CT molecular complexity index is 2050. The van der Waals surface area contributed by atoms with Gasteiger partial charge in [0.25, 0.3) is 0 Å². The predicted molar refractivity (Wildman–Crippen MR) is 220 cm³/mol. The Kier molecular flexibility index (Phi) is 12.8. The standard InChI is InChI=1S/C19H24N2O.C11H11NO2.C8H15N.C8H7N/c22-19(21-12-11-14-5-1-4-8-18(14)21)10-9-15-13-20-17-7-3-2-6-16(15)17;13-11(14)6-5-8-7-12-10-4-2-1-3-9(8)10;2*1-2-4-8-7(3-1)5-6-9-8/h2-3,6-7,13-14,18,20H,1,4-5,8-12H2;1-4,7,12H,5-6H2,(H,13,14);7-9H,1-6H2;1-6,9H. The molecule has 4 unspecified atom stereocenters. The van der Waals surface area contributed by atoms with E-state index < -0.39 is 5.97 Å². The van der Waals surface area contributed by atoms with E-state index >= 15 is 0 Å². The quantitative estimate of drug-likeness (QED) is 0.117. The van der Waals surface area contributed by atoms with Crippen LogP contribution in [0.15, 0.2) is 97.5 Å². The molecule has 2 saturated carbocycles. The second kappa shape index (κ2) is 18.5. The largest absolute Gasteiger partial charge is 0.481 e. The van der Waals surface area contributed by atoms with Gasteiger partial charge in [-0.1, -0.05) is 80.3 Å². The molecule has 2 aliphatic carbocycles. The molecule has 5 N–H and O–H groups in total. The van der Waals surface area contributed by atoms with Crippen LogP contribution in [0.1, 0.15) is 88.2 Å². The average Bonchev–Trinajstić information content (AvgIpc) is 4.06. The molecule has 54 heavy (non-hydrogen) atoms. The van der Waals surface area contributed by atoms with Gasteiger partial charge in [0.1, 0.15) is 0 Å². The van der Waals surface area contributed by atoms with Crippen LogP contribution in [0.3, 0.4) is 0 Å². The van der Waals surface area contributed by atoms with Gasteiger partial charge in [-0.05, 0) is 111 Å². The molecule has 2 saturated heterocycles. The van der Waals surface area contributed by atoms with Crippen LogP contribution in [0, 0.1) is 11.8 Å². The number of fused-ring (bicyclic) bond motifs is 5. The number of H-pyrrole nitrogens is 3. The molecule has 3 aromatic heterocycles. The normalized spacial score (nSPS) is 21.6. The van der Waals surface area contributed by atoms with E-state index in [2.05, 4.69) is 67.8 Å². The number of amides is 1. The van der Waals surface area contributed by atoms with Gasteiger partial charge >= 0.3 is 5.97 Å². The van der Waals surface area contributed by atoms with Crippen molar-refractivity contribution in [1.29, 1.82) is 0 Å². The highest BCUT2D eigenvalue weighted by molar-refractivity contribution is 5.85. The molecule has 10 rings (SSSR count). The van der Waals surface area contributed by atoms with E-state index in [1.165, 1.54) is 98.1 Å². The van der Waals surface area contributed by atoms with Gasteiger partial charge in [-0.25, -0.2) is 0 Å². The monoisotopic (exact) mass is 727 g/mol. The highest BCUT2D eigenvalue weighted by atomic mass is 16.4. The topological polar surface area (TPSA) is 117 Å². The Hall–Kier alpha value is -4.82. The number of nitrogens with zero attached hydrogens (tertiary/aromatic N) is 1. The van der Waals surface area contributed by atoms with Gasteiger partial charge < -0.3 is 30.3 Å². The number of rotatable bonds is 6. The van der Waals surface area contributed by atoms with Crippen molar-refractivity contribution in [3.63, 3.8) is 0 Å². The molecule has 2 aliphatic heterocycles. The third-order valence-corrected chi connectivity index (χ3v) is 12.2. The van der Waals surface area contributed by atoms with Gasteiger partial charge in [0.05, 0.1) is 0 Å². The second-order valence-corrected chi connectivity index (χ2v) is 15.6. The number of carbonyl (C=O) groups excluding carboxylic acids is 1. The number of benzene rings is 3. The van der Waals surface area contributed by atoms with Crippen LogP contribution in [-0.2, 0) is 22.4 Å². The van der Waals surface area contributed by atoms with Crippen LogP contribution >= 0.6 is 0 Å². The molecule has 4 atom stereocenters. The number of aliphatic carboxylic acids is 1. The molecule has 4 aliphatic rings. The van der Waals surface area contributed by atoms with E-state index in [4.69, 9.17) is 5.11 Å². The van der Waals surface area contributed by atoms with Crippen molar-refractivity contribution < 1.29 is 14.7 Å². The number of likely N-dealkylation sites (tertiary alicyclic amines) is 1. The van der Waals surface area contributed by atoms with Gasteiger partial charge in [-0.15, -0.1) is 0 Å². The van der Waals surface area contributed by atoms with E-state index in [1.54, 1.807) is 0 Å². The summed E-state index contributed by atoms with van der Waals surface area (Å²) in [7, 11) is 0. The summed E-state index contributed by atoms with van der Waals surface area (Å²) in [4.78, 5) is 34.8. The van der Waals surface area contributed by atoms with E-state index in [0.29, 0.717) is 24.8 Å². The smallest absolute Gasteiger partial charge is 0.303 e. The minimum Gasteiger partial charge on any atom is -0.481 e.